The predicted octanol–water partition coefficient (Wildman–Crippen LogP) is 3.85. The molecule has 17 heavy (non-hydrogen) atoms. The Kier molecular flexibility index (Phi) is 4.18. The van der Waals surface area contributed by atoms with Gasteiger partial charge in [-0.1, -0.05) is 25.7 Å². The molecule has 1 fully saturated rings. The molecule has 0 aromatic heterocycles. The number of hydrogen-bond acceptors (Lipinski definition) is 2. The average Bonchev–Trinajstić information content (AvgIpc) is 2.67. The Morgan fingerprint density at radius 3 is 2.18 bits per heavy atom. The van der Waals surface area contributed by atoms with Gasteiger partial charge >= 0.3 is 0 Å². The number of benzene rings is 1. The number of methoxy groups -OCH3 is 1. The molecule has 1 aliphatic carbocycles. The van der Waals surface area contributed by atoms with Crippen LogP contribution in [-0.4, -0.2) is 12.9 Å². The van der Waals surface area contributed by atoms with Crippen LogP contribution in [0.4, 0.5) is 0 Å². The summed E-state index contributed by atoms with van der Waals surface area (Å²) in [6, 6.07) is 7.49. The third kappa shape index (κ3) is 3.09. The molecule has 0 saturated heterocycles. The molecule has 1 saturated carbocycles. The van der Waals surface area contributed by atoms with Crippen LogP contribution in [0.2, 0.25) is 0 Å². The van der Waals surface area contributed by atoms with Gasteiger partial charge in [0.1, 0.15) is 5.75 Å². The van der Waals surface area contributed by atoms with Crippen LogP contribution in [0.3, 0.4) is 0 Å². The standard InChI is InChI=1S/C15H20O2/c1-17-14-10-8-13(9-11-14)15(16)12-6-4-2-3-5-7-12/h8-12H,2-7H2,1H3. The molecule has 1 aromatic rings. The first-order valence-corrected chi connectivity index (χ1v) is 6.49. The van der Waals surface area contributed by atoms with E-state index >= 15 is 0 Å². The van der Waals surface area contributed by atoms with E-state index in [1.165, 1.54) is 25.7 Å². The van der Waals surface area contributed by atoms with E-state index in [4.69, 9.17) is 4.74 Å². The van der Waals surface area contributed by atoms with Crippen LogP contribution in [-0.2, 0) is 0 Å². The van der Waals surface area contributed by atoms with Crippen molar-refractivity contribution in [2.45, 2.75) is 38.5 Å². The maximum absolute atomic E-state index is 12.3. The van der Waals surface area contributed by atoms with Gasteiger partial charge in [0.2, 0.25) is 0 Å². The molecule has 0 heterocycles. The summed E-state index contributed by atoms with van der Waals surface area (Å²) in [4.78, 5) is 12.3. The summed E-state index contributed by atoms with van der Waals surface area (Å²) < 4.78 is 5.10. The van der Waals surface area contributed by atoms with Crippen molar-refractivity contribution in [1.29, 1.82) is 0 Å². The fourth-order valence-corrected chi connectivity index (χ4v) is 2.53. The van der Waals surface area contributed by atoms with E-state index in [2.05, 4.69) is 0 Å². The number of carbonyl (C=O) groups excluding carboxylic acids is 1. The van der Waals surface area contributed by atoms with Crippen LogP contribution >= 0.6 is 0 Å². The molecule has 0 amide bonds. The molecule has 0 bridgehead atoms. The maximum Gasteiger partial charge on any atom is 0.165 e. The van der Waals surface area contributed by atoms with Crippen molar-refractivity contribution in [3.63, 3.8) is 0 Å². The SMILES string of the molecule is COc1ccc(C(=O)C2CCCCCC2)cc1. The lowest BCUT2D eigenvalue weighted by Crippen LogP contribution is -2.13. The lowest BCUT2D eigenvalue weighted by Gasteiger charge is -2.12. The van der Waals surface area contributed by atoms with Crippen LogP contribution in [0, 0.1) is 5.92 Å². The molecule has 0 atom stereocenters. The quantitative estimate of drug-likeness (QED) is 0.584. The van der Waals surface area contributed by atoms with E-state index < -0.39 is 0 Å². The van der Waals surface area contributed by atoms with Gasteiger partial charge in [0.15, 0.2) is 5.78 Å². The highest BCUT2D eigenvalue weighted by Gasteiger charge is 2.21. The zero-order valence-electron chi connectivity index (χ0n) is 10.4. The van der Waals surface area contributed by atoms with E-state index in [1.54, 1.807) is 7.11 Å². The fourth-order valence-electron chi connectivity index (χ4n) is 2.53. The summed E-state index contributed by atoms with van der Waals surface area (Å²) >= 11 is 0. The van der Waals surface area contributed by atoms with Gasteiger partial charge in [-0.2, -0.15) is 0 Å². The van der Waals surface area contributed by atoms with E-state index in [0.717, 1.165) is 24.2 Å². The highest BCUT2D eigenvalue weighted by Crippen LogP contribution is 2.26. The Labute approximate surface area is 103 Å². The maximum atomic E-state index is 12.3. The molecule has 1 aliphatic rings. The van der Waals surface area contributed by atoms with Crippen molar-refractivity contribution < 1.29 is 9.53 Å². The van der Waals surface area contributed by atoms with Crippen molar-refractivity contribution in [2.75, 3.05) is 7.11 Å². The molecule has 2 heteroatoms. The van der Waals surface area contributed by atoms with Gasteiger partial charge in [-0.05, 0) is 37.1 Å². The van der Waals surface area contributed by atoms with Crippen molar-refractivity contribution >= 4 is 5.78 Å². The van der Waals surface area contributed by atoms with Crippen molar-refractivity contribution in [3.05, 3.63) is 29.8 Å². The molecule has 2 nitrogen and oxygen atoms in total. The van der Waals surface area contributed by atoms with Crippen LogP contribution in [0.15, 0.2) is 24.3 Å². The second kappa shape index (κ2) is 5.85. The predicted molar refractivity (Wildman–Crippen MR) is 68.5 cm³/mol. The number of carbonyl (C=O) groups is 1. The Morgan fingerprint density at radius 1 is 1.06 bits per heavy atom. The number of rotatable bonds is 3. The smallest absolute Gasteiger partial charge is 0.165 e. The fraction of sp³-hybridized carbons (Fsp3) is 0.533. The summed E-state index contributed by atoms with van der Waals surface area (Å²) in [5.41, 5.74) is 0.831. The molecule has 0 radical (unpaired) electrons. The van der Waals surface area contributed by atoms with Crippen molar-refractivity contribution in [3.8, 4) is 5.75 Å². The molecule has 1 aromatic carbocycles. The highest BCUT2D eigenvalue weighted by molar-refractivity contribution is 5.97. The van der Waals surface area contributed by atoms with E-state index in [9.17, 15) is 4.79 Å². The number of Topliss-reactive ketones (excluding diaryl/α,β-unsaturated/α-hetero) is 1. The molecule has 0 spiro atoms. The van der Waals surface area contributed by atoms with Crippen molar-refractivity contribution in [2.24, 2.45) is 5.92 Å². The van der Waals surface area contributed by atoms with Gasteiger partial charge in [0.25, 0.3) is 0 Å². The zero-order chi connectivity index (χ0) is 12.1. The van der Waals surface area contributed by atoms with Crippen LogP contribution in [0.25, 0.3) is 0 Å². The summed E-state index contributed by atoms with van der Waals surface area (Å²) in [5.74, 6) is 1.36. The summed E-state index contributed by atoms with van der Waals surface area (Å²) in [6.07, 6.45) is 7.09. The van der Waals surface area contributed by atoms with Crippen LogP contribution < -0.4 is 4.74 Å². The Hall–Kier alpha value is -1.31. The molecule has 2 rings (SSSR count). The third-order valence-corrected chi connectivity index (χ3v) is 3.60. The summed E-state index contributed by atoms with van der Waals surface area (Å²) in [7, 11) is 1.64. The minimum Gasteiger partial charge on any atom is -0.497 e. The van der Waals surface area contributed by atoms with Gasteiger partial charge < -0.3 is 4.74 Å². The Balaban J connectivity index is 2.06. The largest absolute Gasteiger partial charge is 0.497 e. The monoisotopic (exact) mass is 232 g/mol. The second-order valence-electron chi connectivity index (χ2n) is 4.78. The molecule has 0 unspecified atom stereocenters. The molecular formula is C15H20O2. The number of hydrogen-bond donors (Lipinski definition) is 0. The molecular weight excluding hydrogens is 212 g/mol. The van der Waals surface area contributed by atoms with Gasteiger partial charge in [0.05, 0.1) is 7.11 Å². The number of ketones is 1. The van der Waals surface area contributed by atoms with Crippen molar-refractivity contribution in [1.82, 2.24) is 0 Å². The number of ether oxygens (including phenoxy) is 1. The van der Waals surface area contributed by atoms with Crippen LogP contribution in [0.5, 0.6) is 5.75 Å². The normalized spacial score (nSPS) is 17.5. The minimum atomic E-state index is 0.242. The van der Waals surface area contributed by atoms with Gasteiger partial charge in [-0.3, -0.25) is 4.79 Å². The lowest BCUT2D eigenvalue weighted by molar-refractivity contribution is 0.0908. The zero-order valence-corrected chi connectivity index (χ0v) is 10.4. The first-order chi connectivity index (χ1) is 8.31. The van der Waals surface area contributed by atoms with E-state index in [-0.39, 0.29) is 5.92 Å². The van der Waals surface area contributed by atoms with Gasteiger partial charge in [0, 0.05) is 11.5 Å². The lowest BCUT2D eigenvalue weighted by atomic mass is 9.91. The second-order valence-corrected chi connectivity index (χ2v) is 4.78. The molecule has 0 aliphatic heterocycles. The van der Waals surface area contributed by atoms with E-state index in [1.807, 2.05) is 24.3 Å². The first kappa shape index (κ1) is 12.2. The average molecular weight is 232 g/mol. The minimum absolute atomic E-state index is 0.242. The van der Waals surface area contributed by atoms with Gasteiger partial charge in [-0.25, -0.2) is 0 Å². The molecule has 0 N–H and O–H groups in total. The third-order valence-electron chi connectivity index (χ3n) is 3.60. The van der Waals surface area contributed by atoms with E-state index in [0.29, 0.717) is 5.78 Å². The Bertz CT molecular complexity index is 359. The van der Waals surface area contributed by atoms with Crippen LogP contribution in [0.1, 0.15) is 48.9 Å². The first-order valence-electron chi connectivity index (χ1n) is 6.49. The molecule has 92 valence electrons. The highest BCUT2D eigenvalue weighted by atomic mass is 16.5. The van der Waals surface area contributed by atoms with Gasteiger partial charge in [-0.15, -0.1) is 0 Å². The summed E-state index contributed by atoms with van der Waals surface area (Å²) in [5, 5.41) is 0. The summed E-state index contributed by atoms with van der Waals surface area (Å²) in [6.45, 7) is 0. The Morgan fingerprint density at radius 2 is 1.65 bits per heavy atom. The topological polar surface area (TPSA) is 26.3 Å².